The lowest BCUT2D eigenvalue weighted by Crippen LogP contribution is -2.39. The van der Waals surface area contributed by atoms with Gasteiger partial charge in [0.2, 0.25) is 5.91 Å². The Morgan fingerprint density at radius 1 is 1.32 bits per heavy atom. The van der Waals surface area contributed by atoms with Crippen LogP contribution in [0.3, 0.4) is 0 Å². The Bertz CT molecular complexity index is 641. The normalized spacial score (nSPS) is 21.9. The number of benzene rings is 1. The summed E-state index contributed by atoms with van der Waals surface area (Å²) in [5.74, 6) is 0.567. The smallest absolute Gasteiger partial charge is 0.234 e. The van der Waals surface area contributed by atoms with Gasteiger partial charge in [0.05, 0.1) is 6.04 Å². The number of amides is 1. The molecule has 1 saturated heterocycles. The van der Waals surface area contributed by atoms with Gasteiger partial charge in [0.1, 0.15) is 11.9 Å². The van der Waals surface area contributed by atoms with E-state index in [2.05, 4.69) is 24.0 Å². The highest BCUT2D eigenvalue weighted by atomic mass is 32.1. The summed E-state index contributed by atoms with van der Waals surface area (Å²) >= 11 is 1.76. The van der Waals surface area contributed by atoms with E-state index in [-0.39, 0.29) is 18.1 Å². The zero-order chi connectivity index (χ0) is 15.5. The summed E-state index contributed by atoms with van der Waals surface area (Å²) in [5.41, 5.74) is 5.57. The fourth-order valence-electron chi connectivity index (χ4n) is 2.88. The van der Waals surface area contributed by atoms with Crippen LogP contribution in [0.4, 0.5) is 0 Å². The first-order valence-electron chi connectivity index (χ1n) is 7.42. The molecule has 0 bridgehead atoms. The molecule has 0 unspecified atom stereocenters. The van der Waals surface area contributed by atoms with Crippen molar-refractivity contribution >= 4 is 17.2 Å². The first-order valence-corrected chi connectivity index (χ1v) is 8.24. The molecule has 4 nitrogen and oxygen atoms in total. The van der Waals surface area contributed by atoms with Crippen molar-refractivity contribution < 1.29 is 9.53 Å². The molecule has 5 heteroatoms. The maximum atomic E-state index is 11.7. The third-order valence-electron chi connectivity index (χ3n) is 3.89. The quantitative estimate of drug-likeness (QED) is 0.922. The molecule has 0 spiro atoms. The molecule has 1 aliphatic rings. The highest BCUT2D eigenvalue weighted by Crippen LogP contribution is 2.26. The number of ether oxygens (including phenoxy) is 1. The van der Waals surface area contributed by atoms with Gasteiger partial charge in [0, 0.05) is 29.3 Å². The Labute approximate surface area is 134 Å². The zero-order valence-corrected chi connectivity index (χ0v) is 13.4. The zero-order valence-electron chi connectivity index (χ0n) is 12.6. The highest BCUT2D eigenvalue weighted by molar-refractivity contribution is 7.11. The van der Waals surface area contributed by atoms with E-state index in [0.717, 1.165) is 18.8 Å². The molecule has 2 N–H and O–H groups in total. The minimum atomic E-state index is -0.271. The molecule has 2 aromatic rings. The maximum Gasteiger partial charge on any atom is 0.234 e. The van der Waals surface area contributed by atoms with Gasteiger partial charge < -0.3 is 10.5 Å². The maximum absolute atomic E-state index is 11.7. The first kappa shape index (κ1) is 15.1. The van der Waals surface area contributed by atoms with Crippen LogP contribution < -0.4 is 10.5 Å². The van der Waals surface area contributed by atoms with E-state index in [1.807, 2.05) is 30.3 Å². The lowest BCUT2D eigenvalue weighted by Gasteiger charge is -2.20. The Morgan fingerprint density at radius 2 is 2.09 bits per heavy atom. The molecule has 3 rings (SSSR count). The van der Waals surface area contributed by atoms with Gasteiger partial charge in [0.25, 0.3) is 0 Å². The number of aryl methyl sites for hydroxylation is 1. The SMILES string of the molecule is Cc1ccc(CN2C[C@@H](Oc3ccccc3)C[C@H]2C(N)=O)s1. The van der Waals surface area contributed by atoms with Crippen LogP contribution in [0.5, 0.6) is 5.75 Å². The number of carbonyl (C=O) groups is 1. The number of hydrogen-bond donors (Lipinski definition) is 1. The molecule has 1 aromatic heterocycles. The number of nitrogens with zero attached hydrogens (tertiary/aromatic N) is 1. The molecule has 1 amide bonds. The molecule has 1 aliphatic heterocycles. The van der Waals surface area contributed by atoms with Gasteiger partial charge in [-0.05, 0) is 31.2 Å². The number of hydrogen-bond acceptors (Lipinski definition) is 4. The summed E-state index contributed by atoms with van der Waals surface area (Å²) in [6.45, 7) is 3.56. The Morgan fingerprint density at radius 3 is 2.73 bits per heavy atom. The van der Waals surface area contributed by atoms with Crippen LogP contribution in [0.15, 0.2) is 42.5 Å². The van der Waals surface area contributed by atoms with Crippen LogP contribution in [0, 0.1) is 6.92 Å². The van der Waals surface area contributed by atoms with Gasteiger partial charge >= 0.3 is 0 Å². The standard InChI is InChI=1S/C17H20N2O2S/c1-12-7-8-15(22-12)11-19-10-14(9-16(19)17(18)20)21-13-5-3-2-4-6-13/h2-8,14,16H,9-11H2,1H3,(H2,18,20)/t14-,16-/m0/s1. The second-order valence-corrected chi connectivity index (χ2v) is 7.02. The van der Waals surface area contributed by atoms with Gasteiger partial charge in [-0.3, -0.25) is 9.69 Å². The van der Waals surface area contributed by atoms with E-state index in [4.69, 9.17) is 10.5 Å². The van der Waals surface area contributed by atoms with E-state index < -0.39 is 0 Å². The van der Waals surface area contributed by atoms with Gasteiger partial charge in [0.15, 0.2) is 0 Å². The Hall–Kier alpha value is -1.85. The van der Waals surface area contributed by atoms with Crippen molar-refractivity contribution in [2.75, 3.05) is 6.54 Å². The summed E-state index contributed by atoms with van der Waals surface area (Å²) in [4.78, 5) is 16.4. The lowest BCUT2D eigenvalue weighted by molar-refractivity contribution is -0.122. The van der Waals surface area contributed by atoms with E-state index in [0.29, 0.717) is 6.42 Å². The number of rotatable bonds is 5. The Balaban J connectivity index is 1.68. The van der Waals surface area contributed by atoms with E-state index >= 15 is 0 Å². The molecule has 116 valence electrons. The number of carbonyl (C=O) groups excluding carboxylic acids is 1. The second-order valence-electron chi connectivity index (χ2n) is 5.65. The Kier molecular flexibility index (Phi) is 4.45. The van der Waals surface area contributed by atoms with Crippen molar-refractivity contribution in [3.05, 3.63) is 52.2 Å². The van der Waals surface area contributed by atoms with Gasteiger partial charge in [-0.25, -0.2) is 0 Å². The van der Waals surface area contributed by atoms with Crippen LogP contribution in [0.1, 0.15) is 16.2 Å². The molecular weight excluding hydrogens is 296 g/mol. The molecular formula is C17H20N2O2S. The molecule has 1 aromatic carbocycles. The average Bonchev–Trinajstić information content (AvgIpc) is 3.07. The van der Waals surface area contributed by atoms with Gasteiger partial charge in [-0.1, -0.05) is 18.2 Å². The fraction of sp³-hybridized carbons (Fsp3) is 0.353. The van der Waals surface area contributed by atoms with Crippen molar-refractivity contribution in [3.63, 3.8) is 0 Å². The monoisotopic (exact) mass is 316 g/mol. The van der Waals surface area contributed by atoms with Crippen LogP contribution >= 0.6 is 11.3 Å². The van der Waals surface area contributed by atoms with Crippen molar-refractivity contribution in [1.29, 1.82) is 0 Å². The van der Waals surface area contributed by atoms with Crippen molar-refractivity contribution in [3.8, 4) is 5.75 Å². The van der Waals surface area contributed by atoms with Gasteiger partial charge in [-0.2, -0.15) is 0 Å². The second kappa shape index (κ2) is 6.50. The summed E-state index contributed by atoms with van der Waals surface area (Å²) in [6, 6.07) is 13.7. The first-order chi connectivity index (χ1) is 10.6. The van der Waals surface area contributed by atoms with Crippen LogP contribution in [0.25, 0.3) is 0 Å². The summed E-state index contributed by atoms with van der Waals surface area (Å²) < 4.78 is 5.98. The number of primary amides is 1. The van der Waals surface area contributed by atoms with E-state index in [1.165, 1.54) is 9.75 Å². The number of thiophene rings is 1. The minimum absolute atomic E-state index is 0.000888. The van der Waals surface area contributed by atoms with Crippen molar-refractivity contribution in [1.82, 2.24) is 4.90 Å². The molecule has 2 heterocycles. The van der Waals surface area contributed by atoms with E-state index in [9.17, 15) is 4.79 Å². The molecule has 22 heavy (non-hydrogen) atoms. The molecule has 2 atom stereocenters. The highest BCUT2D eigenvalue weighted by Gasteiger charge is 2.36. The largest absolute Gasteiger partial charge is 0.489 e. The third kappa shape index (κ3) is 3.48. The van der Waals surface area contributed by atoms with Crippen LogP contribution in [0.2, 0.25) is 0 Å². The molecule has 1 fully saturated rings. The third-order valence-corrected chi connectivity index (χ3v) is 4.88. The molecule has 0 radical (unpaired) electrons. The van der Waals surface area contributed by atoms with Crippen molar-refractivity contribution in [2.24, 2.45) is 5.73 Å². The number of para-hydroxylation sites is 1. The summed E-state index contributed by atoms with van der Waals surface area (Å²) in [5, 5.41) is 0. The molecule has 0 aliphatic carbocycles. The average molecular weight is 316 g/mol. The number of likely N-dealkylation sites (tertiary alicyclic amines) is 1. The predicted octanol–water partition coefficient (Wildman–Crippen LogP) is 2.56. The van der Waals surface area contributed by atoms with Crippen LogP contribution in [-0.4, -0.2) is 29.5 Å². The summed E-state index contributed by atoms with van der Waals surface area (Å²) in [7, 11) is 0. The topological polar surface area (TPSA) is 55.6 Å². The summed E-state index contributed by atoms with van der Waals surface area (Å²) in [6.07, 6.45) is 0.648. The van der Waals surface area contributed by atoms with E-state index in [1.54, 1.807) is 11.3 Å². The molecule has 0 saturated carbocycles. The van der Waals surface area contributed by atoms with Crippen molar-refractivity contribution in [2.45, 2.75) is 32.0 Å². The predicted molar refractivity (Wildman–Crippen MR) is 87.9 cm³/mol. The fourth-order valence-corrected chi connectivity index (χ4v) is 3.80. The van der Waals surface area contributed by atoms with Gasteiger partial charge in [-0.15, -0.1) is 11.3 Å². The van der Waals surface area contributed by atoms with Crippen LogP contribution in [-0.2, 0) is 11.3 Å². The minimum Gasteiger partial charge on any atom is -0.489 e. The lowest BCUT2D eigenvalue weighted by atomic mass is 10.2. The number of nitrogens with two attached hydrogens (primary N) is 1.